The van der Waals surface area contributed by atoms with Gasteiger partial charge in [0.2, 0.25) is 11.7 Å². The standard InChI is InChI=1S/C24H26N4O2/c1-15-11-23(13-21(15)29-3)12-19-8-7-18(17-6-4-5-16(9-17)14-25)10-20(19)24(23)27-22(26)28(2)30-24/h4-10,15,21H,11-13H2,1-3H3,(H2,26,27)/t15-,21+,23?,24?/m1/s1. The molecule has 1 heterocycles. The van der Waals surface area contributed by atoms with E-state index in [0.29, 0.717) is 17.4 Å². The van der Waals surface area contributed by atoms with Gasteiger partial charge in [0.25, 0.3) is 0 Å². The highest BCUT2D eigenvalue weighted by atomic mass is 16.7. The Morgan fingerprint density at radius 2 is 2.03 bits per heavy atom. The van der Waals surface area contributed by atoms with Crippen molar-refractivity contribution in [3.8, 4) is 17.2 Å². The topological polar surface area (TPSA) is 83.9 Å². The van der Waals surface area contributed by atoms with Gasteiger partial charge in [0.15, 0.2) is 0 Å². The first kappa shape index (κ1) is 19.1. The Hall–Kier alpha value is -2.88. The van der Waals surface area contributed by atoms with E-state index in [2.05, 4.69) is 31.2 Å². The summed E-state index contributed by atoms with van der Waals surface area (Å²) in [5.74, 6) is 0.812. The molecular weight excluding hydrogens is 376 g/mol. The van der Waals surface area contributed by atoms with E-state index in [-0.39, 0.29) is 11.5 Å². The molecule has 2 aliphatic carbocycles. The molecule has 0 radical (unpaired) electrons. The van der Waals surface area contributed by atoms with Crippen molar-refractivity contribution in [2.75, 3.05) is 14.2 Å². The zero-order valence-corrected chi connectivity index (χ0v) is 17.6. The molecule has 5 rings (SSSR count). The predicted molar refractivity (Wildman–Crippen MR) is 114 cm³/mol. The fraction of sp³-hybridized carbons (Fsp3) is 0.417. The Morgan fingerprint density at radius 3 is 2.70 bits per heavy atom. The Balaban J connectivity index is 1.66. The summed E-state index contributed by atoms with van der Waals surface area (Å²) in [4.78, 5) is 11.4. The Labute approximate surface area is 176 Å². The van der Waals surface area contributed by atoms with E-state index < -0.39 is 5.72 Å². The van der Waals surface area contributed by atoms with Crippen LogP contribution in [0.1, 0.15) is 36.5 Å². The molecule has 6 nitrogen and oxygen atoms in total. The van der Waals surface area contributed by atoms with Crippen molar-refractivity contribution in [2.45, 2.75) is 38.0 Å². The average molecular weight is 402 g/mol. The lowest BCUT2D eigenvalue weighted by Gasteiger charge is -2.38. The third-order valence-electron chi connectivity index (χ3n) is 7.15. The van der Waals surface area contributed by atoms with Gasteiger partial charge in [0, 0.05) is 25.1 Å². The third kappa shape index (κ3) is 2.52. The third-order valence-corrected chi connectivity index (χ3v) is 7.15. The molecule has 3 aliphatic rings. The second-order valence-electron chi connectivity index (χ2n) is 8.88. The van der Waals surface area contributed by atoms with E-state index in [9.17, 15) is 5.26 Å². The van der Waals surface area contributed by atoms with Crippen LogP contribution >= 0.6 is 0 Å². The van der Waals surface area contributed by atoms with Gasteiger partial charge in [-0.05, 0) is 60.1 Å². The summed E-state index contributed by atoms with van der Waals surface area (Å²) in [5, 5.41) is 10.9. The summed E-state index contributed by atoms with van der Waals surface area (Å²) < 4.78 is 5.80. The minimum absolute atomic E-state index is 0.175. The molecule has 2 spiro atoms. The molecule has 0 aromatic heterocycles. The van der Waals surface area contributed by atoms with Gasteiger partial charge in [-0.25, -0.2) is 14.9 Å². The van der Waals surface area contributed by atoms with Crippen molar-refractivity contribution in [2.24, 2.45) is 22.1 Å². The van der Waals surface area contributed by atoms with Gasteiger partial charge in [0.05, 0.1) is 17.7 Å². The average Bonchev–Trinajstić information content (AvgIpc) is 3.33. The quantitative estimate of drug-likeness (QED) is 0.830. The van der Waals surface area contributed by atoms with Crippen LogP contribution in [-0.4, -0.2) is 31.3 Å². The van der Waals surface area contributed by atoms with Gasteiger partial charge in [0.1, 0.15) is 0 Å². The van der Waals surface area contributed by atoms with Crippen molar-refractivity contribution in [1.82, 2.24) is 5.06 Å². The first-order chi connectivity index (χ1) is 14.4. The van der Waals surface area contributed by atoms with Gasteiger partial charge in [-0.15, -0.1) is 0 Å². The van der Waals surface area contributed by atoms with Gasteiger partial charge < -0.3 is 10.5 Å². The maximum Gasteiger partial charge on any atom is 0.220 e. The van der Waals surface area contributed by atoms with Crippen LogP contribution < -0.4 is 5.73 Å². The summed E-state index contributed by atoms with van der Waals surface area (Å²) >= 11 is 0. The number of aliphatic imine (C=N–C) groups is 1. The van der Waals surface area contributed by atoms with Crippen LogP contribution in [0.25, 0.3) is 11.1 Å². The molecular formula is C24H26N4O2. The van der Waals surface area contributed by atoms with Gasteiger partial charge in [-0.3, -0.25) is 0 Å². The van der Waals surface area contributed by atoms with E-state index in [1.807, 2.05) is 31.3 Å². The molecule has 2 N–H and O–H groups in total. The maximum atomic E-state index is 9.28. The second kappa shape index (κ2) is 6.56. The number of methoxy groups -OCH3 is 1. The van der Waals surface area contributed by atoms with E-state index in [0.717, 1.165) is 36.0 Å². The SMILES string of the molecule is CO[C@H]1CC2(Cc3ccc(-c4cccc(C#N)c4)cc3C23N=C(N)N(C)O3)C[C@H]1C. The lowest BCUT2D eigenvalue weighted by Crippen LogP contribution is -2.42. The number of nitrogens with zero attached hydrogens (tertiary/aromatic N) is 3. The highest BCUT2D eigenvalue weighted by Crippen LogP contribution is 2.64. The van der Waals surface area contributed by atoms with Crippen LogP contribution in [-0.2, 0) is 21.7 Å². The monoisotopic (exact) mass is 402 g/mol. The molecule has 154 valence electrons. The predicted octanol–water partition coefficient (Wildman–Crippen LogP) is 3.56. The number of nitrogens with two attached hydrogens (primary N) is 1. The summed E-state index contributed by atoms with van der Waals surface area (Å²) in [6, 6.07) is 16.4. The van der Waals surface area contributed by atoms with Gasteiger partial charge in [-0.2, -0.15) is 5.26 Å². The number of hydroxylamine groups is 2. The lowest BCUT2D eigenvalue weighted by molar-refractivity contribution is -0.222. The molecule has 1 fully saturated rings. The molecule has 6 heteroatoms. The highest BCUT2D eigenvalue weighted by Gasteiger charge is 2.66. The minimum atomic E-state index is -0.842. The number of benzene rings is 2. The molecule has 30 heavy (non-hydrogen) atoms. The molecule has 2 unspecified atom stereocenters. The fourth-order valence-corrected chi connectivity index (χ4v) is 5.74. The van der Waals surface area contributed by atoms with Crippen molar-refractivity contribution in [3.05, 3.63) is 59.2 Å². The van der Waals surface area contributed by atoms with E-state index >= 15 is 0 Å². The van der Waals surface area contributed by atoms with Crippen LogP contribution in [0.4, 0.5) is 0 Å². The van der Waals surface area contributed by atoms with Crippen molar-refractivity contribution in [1.29, 1.82) is 5.26 Å². The smallest absolute Gasteiger partial charge is 0.220 e. The molecule has 2 aromatic rings. The maximum absolute atomic E-state index is 9.28. The second-order valence-corrected chi connectivity index (χ2v) is 8.88. The summed E-state index contributed by atoms with van der Waals surface area (Å²) in [7, 11) is 3.60. The van der Waals surface area contributed by atoms with E-state index in [4.69, 9.17) is 20.3 Å². The fourth-order valence-electron chi connectivity index (χ4n) is 5.74. The molecule has 0 bridgehead atoms. The zero-order valence-electron chi connectivity index (χ0n) is 17.6. The molecule has 0 saturated heterocycles. The number of guanidine groups is 1. The number of rotatable bonds is 2. The molecule has 4 atom stereocenters. The molecule has 1 saturated carbocycles. The van der Waals surface area contributed by atoms with Crippen LogP contribution in [0.2, 0.25) is 0 Å². The van der Waals surface area contributed by atoms with E-state index in [1.54, 1.807) is 12.2 Å². The Kier molecular flexibility index (Phi) is 4.18. The highest BCUT2D eigenvalue weighted by molar-refractivity contribution is 5.79. The van der Waals surface area contributed by atoms with Crippen LogP contribution in [0, 0.1) is 22.7 Å². The largest absolute Gasteiger partial charge is 0.381 e. The van der Waals surface area contributed by atoms with Crippen LogP contribution in [0.15, 0.2) is 47.5 Å². The molecule has 0 amide bonds. The summed E-state index contributed by atoms with van der Waals surface area (Å²) in [5.41, 5.74) is 10.2. The number of fused-ring (bicyclic) bond motifs is 3. The minimum Gasteiger partial charge on any atom is -0.381 e. The van der Waals surface area contributed by atoms with Crippen molar-refractivity contribution < 1.29 is 9.57 Å². The normalized spacial score (nSPS) is 31.9. The number of nitriles is 1. The lowest BCUT2D eigenvalue weighted by atomic mass is 9.75. The summed E-state index contributed by atoms with van der Waals surface area (Å²) in [6.07, 6.45) is 2.90. The summed E-state index contributed by atoms with van der Waals surface area (Å²) in [6.45, 7) is 2.24. The zero-order chi connectivity index (χ0) is 21.1. The Morgan fingerprint density at radius 1 is 1.23 bits per heavy atom. The number of ether oxygens (including phenoxy) is 1. The first-order valence-corrected chi connectivity index (χ1v) is 10.4. The van der Waals surface area contributed by atoms with Gasteiger partial charge in [-0.1, -0.05) is 31.2 Å². The van der Waals surface area contributed by atoms with E-state index in [1.165, 1.54) is 5.56 Å². The van der Waals surface area contributed by atoms with Crippen LogP contribution in [0.5, 0.6) is 0 Å². The number of hydrogen-bond acceptors (Lipinski definition) is 6. The van der Waals surface area contributed by atoms with Crippen LogP contribution in [0.3, 0.4) is 0 Å². The van der Waals surface area contributed by atoms with Gasteiger partial charge >= 0.3 is 0 Å². The number of hydrogen-bond donors (Lipinski definition) is 1. The molecule has 2 aromatic carbocycles. The van der Waals surface area contributed by atoms with Crippen molar-refractivity contribution >= 4 is 5.96 Å². The Bertz CT molecular complexity index is 1090. The molecule has 1 aliphatic heterocycles. The first-order valence-electron chi connectivity index (χ1n) is 10.4. The van der Waals surface area contributed by atoms with Crippen molar-refractivity contribution in [3.63, 3.8) is 0 Å².